The van der Waals surface area contributed by atoms with Crippen molar-refractivity contribution in [1.82, 2.24) is 0 Å². The zero-order chi connectivity index (χ0) is 17.6. The first-order valence-electron chi connectivity index (χ1n) is 7.69. The predicted octanol–water partition coefficient (Wildman–Crippen LogP) is 4.85. The highest BCUT2D eigenvalue weighted by atomic mass is 19.1. The number of aromatic carboxylic acids is 1. The van der Waals surface area contributed by atoms with E-state index in [0.717, 1.165) is 5.56 Å². The van der Waals surface area contributed by atoms with Crippen LogP contribution in [0.25, 0.3) is 0 Å². The summed E-state index contributed by atoms with van der Waals surface area (Å²) < 4.78 is 19.6. The van der Waals surface area contributed by atoms with Crippen molar-refractivity contribution in [2.45, 2.75) is 6.61 Å². The molecule has 0 saturated heterocycles. The van der Waals surface area contributed by atoms with Crippen molar-refractivity contribution in [3.63, 3.8) is 0 Å². The lowest BCUT2D eigenvalue weighted by Gasteiger charge is -2.14. The molecule has 3 aromatic carbocycles. The van der Waals surface area contributed by atoms with Crippen LogP contribution in [0, 0.1) is 5.82 Å². The first-order chi connectivity index (χ1) is 12.1. The smallest absolute Gasteiger partial charge is 0.335 e. The van der Waals surface area contributed by atoms with Crippen LogP contribution in [-0.2, 0) is 6.61 Å². The summed E-state index contributed by atoms with van der Waals surface area (Å²) in [5.41, 5.74) is 1.82. The van der Waals surface area contributed by atoms with E-state index >= 15 is 0 Å². The SMILES string of the molecule is O=C(O)c1ccc(Nc2ccccc2F)c(OCc2ccccc2)c1. The Morgan fingerprint density at radius 3 is 2.40 bits per heavy atom. The van der Waals surface area contributed by atoms with Gasteiger partial charge in [-0.1, -0.05) is 42.5 Å². The Kier molecular flexibility index (Phi) is 4.95. The number of carboxylic acid groups (broad SMARTS) is 1. The van der Waals surface area contributed by atoms with Gasteiger partial charge in [-0.05, 0) is 35.9 Å². The molecule has 0 aliphatic heterocycles. The zero-order valence-corrected chi connectivity index (χ0v) is 13.3. The molecule has 0 aromatic heterocycles. The van der Waals surface area contributed by atoms with Crippen LogP contribution in [0.1, 0.15) is 15.9 Å². The molecule has 0 heterocycles. The molecule has 3 rings (SSSR count). The monoisotopic (exact) mass is 337 g/mol. The second-order valence-corrected chi connectivity index (χ2v) is 5.40. The van der Waals surface area contributed by atoms with Crippen LogP contribution in [0.4, 0.5) is 15.8 Å². The van der Waals surface area contributed by atoms with E-state index in [2.05, 4.69) is 5.32 Å². The summed E-state index contributed by atoms with van der Waals surface area (Å²) in [6, 6.07) is 20.2. The summed E-state index contributed by atoms with van der Waals surface area (Å²) >= 11 is 0. The van der Waals surface area contributed by atoms with Gasteiger partial charge in [0.2, 0.25) is 0 Å². The van der Waals surface area contributed by atoms with Crippen LogP contribution in [0.2, 0.25) is 0 Å². The van der Waals surface area contributed by atoms with Gasteiger partial charge in [-0.15, -0.1) is 0 Å². The highest BCUT2D eigenvalue weighted by molar-refractivity contribution is 5.89. The van der Waals surface area contributed by atoms with E-state index in [1.165, 1.54) is 18.2 Å². The van der Waals surface area contributed by atoms with Crippen molar-refractivity contribution in [3.05, 3.63) is 89.7 Å². The van der Waals surface area contributed by atoms with Crippen molar-refractivity contribution < 1.29 is 19.0 Å². The number of carboxylic acids is 1. The molecule has 126 valence electrons. The number of carbonyl (C=O) groups is 1. The van der Waals surface area contributed by atoms with Gasteiger partial charge in [-0.2, -0.15) is 0 Å². The van der Waals surface area contributed by atoms with Gasteiger partial charge in [0.05, 0.1) is 16.9 Å². The van der Waals surface area contributed by atoms with Gasteiger partial charge in [-0.25, -0.2) is 9.18 Å². The van der Waals surface area contributed by atoms with E-state index in [9.17, 15) is 14.3 Å². The first kappa shape index (κ1) is 16.5. The minimum absolute atomic E-state index is 0.0992. The van der Waals surface area contributed by atoms with Gasteiger partial charge >= 0.3 is 5.97 Å². The van der Waals surface area contributed by atoms with Crippen molar-refractivity contribution >= 4 is 17.3 Å². The van der Waals surface area contributed by atoms with Gasteiger partial charge in [0.1, 0.15) is 18.2 Å². The van der Waals surface area contributed by atoms with E-state index < -0.39 is 11.8 Å². The van der Waals surface area contributed by atoms with Gasteiger partial charge in [0.25, 0.3) is 0 Å². The van der Waals surface area contributed by atoms with E-state index in [-0.39, 0.29) is 17.9 Å². The van der Waals surface area contributed by atoms with Gasteiger partial charge in [0.15, 0.2) is 0 Å². The molecule has 2 N–H and O–H groups in total. The van der Waals surface area contributed by atoms with E-state index in [1.54, 1.807) is 24.3 Å². The van der Waals surface area contributed by atoms with Crippen molar-refractivity contribution in [1.29, 1.82) is 0 Å². The molecule has 0 atom stereocenters. The highest BCUT2D eigenvalue weighted by Crippen LogP contribution is 2.30. The summed E-state index contributed by atoms with van der Waals surface area (Å²) in [5.74, 6) is -1.12. The fourth-order valence-corrected chi connectivity index (χ4v) is 2.32. The largest absolute Gasteiger partial charge is 0.487 e. The minimum Gasteiger partial charge on any atom is -0.487 e. The number of rotatable bonds is 6. The van der Waals surface area contributed by atoms with E-state index in [0.29, 0.717) is 11.4 Å². The maximum atomic E-state index is 13.9. The summed E-state index contributed by atoms with van der Waals surface area (Å²) in [6.07, 6.45) is 0. The Labute approximate surface area is 144 Å². The normalized spacial score (nSPS) is 10.3. The van der Waals surface area contributed by atoms with Crippen molar-refractivity contribution in [2.24, 2.45) is 0 Å². The lowest BCUT2D eigenvalue weighted by Crippen LogP contribution is -2.03. The number of hydrogen-bond acceptors (Lipinski definition) is 3. The molecular weight excluding hydrogens is 321 g/mol. The average molecular weight is 337 g/mol. The molecule has 5 heteroatoms. The number of hydrogen-bond donors (Lipinski definition) is 2. The quantitative estimate of drug-likeness (QED) is 0.675. The molecule has 0 unspecified atom stereocenters. The van der Waals surface area contributed by atoms with Gasteiger partial charge in [0, 0.05) is 0 Å². The Balaban J connectivity index is 1.88. The summed E-state index contributed by atoms with van der Waals surface area (Å²) in [5, 5.41) is 12.1. The molecule has 0 bridgehead atoms. The standard InChI is InChI=1S/C20H16FNO3/c21-16-8-4-5-9-17(16)22-18-11-10-15(20(23)24)12-19(18)25-13-14-6-2-1-3-7-14/h1-12,22H,13H2,(H,23,24). The maximum absolute atomic E-state index is 13.9. The molecule has 0 spiro atoms. The fourth-order valence-electron chi connectivity index (χ4n) is 2.32. The molecule has 0 aliphatic rings. The molecule has 25 heavy (non-hydrogen) atoms. The van der Waals surface area contributed by atoms with Crippen LogP contribution < -0.4 is 10.1 Å². The first-order valence-corrected chi connectivity index (χ1v) is 7.69. The third-order valence-electron chi connectivity index (χ3n) is 3.61. The lowest BCUT2D eigenvalue weighted by molar-refractivity contribution is 0.0696. The van der Waals surface area contributed by atoms with Gasteiger partial charge < -0.3 is 15.2 Å². The highest BCUT2D eigenvalue weighted by Gasteiger charge is 2.11. The Hall–Kier alpha value is -3.34. The molecular formula is C20H16FNO3. The Morgan fingerprint density at radius 2 is 1.68 bits per heavy atom. The molecule has 0 radical (unpaired) electrons. The third-order valence-corrected chi connectivity index (χ3v) is 3.61. The average Bonchev–Trinajstić information content (AvgIpc) is 2.63. The number of benzene rings is 3. The minimum atomic E-state index is -1.05. The number of anilines is 2. The molecule has 4 nitrogen and oxygen atoms in total. The van der Waals surface area contributed by atoms with E-state index in [1.807, 2.05) is 30.3 Å². The molecule has 3 aromatic rings. The van der Waals surface area contributed by atoms with Crippen LogP contribution in [0.15, 0.2) is 72.8 Å². The third kappa shape index (κ3) is 4.14. The van der Waals surface area contributed by atoms with Crippen LogP contribution >= 0.6 is 0 Å². The van der Waals surface area contributed by atoms with Gasteiger partial charge in [-0.3, -0.25) is 0 Å². The number of nitrogens with one attached hydrogen (secondary N) is 1. The molecule has 0 amide bonds. The number of para-hydroxylation sites is 1. The molecule has 0 fully saturated rings. The topological polar surface area (TPSA) is 58.6 Å². The Bertz CT molecular complexity index is 881. The van der Waals surface area contributed by atoms with Crippen LogP contribution in [0.3, 0.4) is 0 Å². The zero-order valence-electron chi connectivity index (χ0n) is 13.3. The summed E-state index contributed by atoms with van der Waals surface area (Å²) in [4.78, 5) is 11.2. The number of ether oxygens (including phenoxy) is 1. The predicted molar refractivity (Wildman–Crippen MR) is 93.9 cm³/mol. The van der Waals surface area contributed by atoms with Crippen molar-refractivity contribution in [2.75, 3.05) is 5.32 Å². The summed E-state index contributed by atoms with van der Waals surface area (Å²) in [7, 11) is 0. The molecule has 0 aliphatic carbocycles. The maximum Gasteiger partial charge on any atom is 0.335 e. The van der Waals surface area contributed by atoms with Crippen molar-refractivity contribution in [3.8, 4) is 5.75 Å². The fraction of sp³-hybridized carbons (Fsp3) is 0.0500. The lowest BCUT2D eigenvalue weighted by atomic mass is 10.1. The number of halogens is 1. The Morgan fingerprint density at radius 1 is 0.960 bits per heavy atom. The molecule has 0 saturated carbocycles. The van der Waals surface area contributed by atoms with Crippen LogP contribution in [-0.4, -0.2) is 11.1 Å². The second kappa shape index (κ2) is 7.49. The van der Waals surface area contributed by atoms with Crippen LogP contribution in [0.5, 0.6) is 5.75 Å². The van der Waals surface area contributed by atoms with E-state index in [4.69, 9.17) is 4.74 Å². The second-order valence-electron chi connectivity index (χ2n) is 5.40. The summed E-state index contributed by atoms with van der Waals surface area (Å²) in [6.45, 7) is 0.274.